The molecule has 1 N–H and O–H groups in total. The third kappa shape index (κ3) is 3.19. The molecule has 1 aromatic carbocycles. The van der Waals surface area contributed by atoms with Gasteiger partial charge in [0.2, 0.25) is 0 Å². The molecule has 3 rings (SSSR count). The number of ether oxygens (including phenoxy) is 1. The lowest BCUT2D eigenvalue weighted by Gasteiger charge is -2.15. The number of nitrogens with zero attached hydrogens (tertiary/aromatic N) is 3. The van der Waals surface area contributed by atoms with E-state index >= 15 is 0 Å². The fourth-order valence-corrected chi connectivity index (χ4v) is 2.85. The van der Waals surface area contributed by atoms with Crippen LogP contribution >= 0.6 is 11.6 Å². The van der Waals surface area contributed by atoms with Crippen LogP contribution in [-0.4, -0.2) is 21.8 Å². The van der Waals surface area contributed by atoms with E-state index in [1.807, 2.05) is 25.2 Å². The van der Waals surface area contributed by atoms with Crippen molar-refractivity contribution in [1.29, 1.82) is 0 Å². The summed E-state index contributed by atoms with van der Waals surface area (Å²) >= 11 is 6.25. The molecule has 1 aliphatic heterocycles. The molecule has 0 radical (unpaired) electrons. The van der Waals surface area contributed by atoms with Crippen molar-refractivity contribution in [2.45, 2.75) is 39.0 Å². The maximum atomic E-state index is 6.25. The lowest BCUT2D eigenvalue weighted by atomic mass is 10.2. The SMILES string of the molecule is CNCc1ccc(OCc2nnc3n2CCCC3)c(Cl)c1. The number of hydrogen-bond acceptors (Lipinski definition) is 4. The number of nitrogens with one attached hydrogen (secondary N) is 1. The average molecular weight is 307 g/mol. The van der Waals surface area contributed by atoms with Crippen molar-refractivity contribution in [3.63, 3.8) is 0 Å². The van der Waals surface area contributed by atoms with Crippen molar-refractivity contribution in [2.75, 3.05) is 7.05 Å². The molecule has 0 unspecified atom stereocenters. The highest BCUT2D eigenvalue weighted by Crippen LogP contribution is 2.26. The van der Waals surface area contributed by atoms with Crippen LogP contribution in [0.4, 0.5) is 0 Å². The van der Waals surface area contributed by atoms with Crippen LogP contribution in [0, 0.1) is 0 Å². The van der Waals surface area contributed by atoms with Crippen LogP contribution in [0.1, 0.15) is 30.1 Å². The van der Waals surface area contributed by atoms with Crippen LogP contribution in [0.5, 0.6) is 5.75 Å². The Kier molecular flexibility index (Phi) is 4.41. The van der Waals surface area contributed by atoms with Crippen molar-refractivity contribution in [3.8, 4) is 5.75 Å². The van der Waals surface area contributed by atoms with Crippen molar-refractivity contribution in [1.82, 2.24) is 20.1 Å². The van der Waals surface area contributed by atoms with Gasteiger partial charge in [0.25, 0.3) is 0 Å². The fourth-order valence-electron chi connectivity index (χ4n) is 2.59. The molecular weight excluding hydrogens is 288 g/mol. The monoisotopic (exact) mass is 306 g/mol. The highest BCUT2D eigenvalue weighted by atomic mass is 35.5. The van der Waals surface area contributed by atoms with Gasteiger partial charge in [0.15, 0.2) is 5.82 Å². The van der Waals surface area contributed by atoms with E-state index in [0.717, 1.165) is 36.7 Å². The molecule has 0 fully saturated rings. The molecule has 1 aliphatic rings. The molecule has 0 amide bonds. The van der Waals surface area contributed by atoms with Crippen LogP contribution in [0.2, 0.25) is 5.02 Å². The van der Waals surface area contributed by atoms with Gasteiger partial charge in [0, 0.05) is 19.5 Å². The van der Waals surface area contributed by atoms with Crippen molar-refractivity contribution in [2.24, 2.45) is 0 Å². The van der Waals surface area contributed by atoms with Gasteiger partial charge in [-0.05, 0) is 37.6 Å². The predicted octanol–water partition coefficient (Wildman–Crippen LogP) is 2.57. The predicted molar refractivity (Wildman–Crippen MR) is 81.5 cm³/mol. The normalized spacial score (nSPS) is 14.0. The Labute approximate surface area is 129 Å². The summed E-state index contributed by atoms with van der Waals surface area (Å²) in [4.78, 5) is 0. The Morgan fingerprint density at radius 2 is 2.24 bits per heavy atom. The summed E-state index contributed by atoms with van der Waals surface area (Å²) in [6.07, 6.45) is 3.38. The molecule has 1 aromatic heterocycles. The Balaban J connectivity index is 1.69. The van der Waals surface area contributed by atoms with Gasteiger partial charge < -0.3 is 14.6 Å². The second-order valence-corrected chi connectivity index (χ2v) is 5.63. The summed E-state index contributed by atoms with van der Waals surface area (Å²) in [6, 6.07) is 5.84. The zero-order valence-electron chi connectivity index (χ0n) is 12.1. The summed E-state index contributed by atoms with van der Waals surface area (Å²) in [7, 11) is 1.91. The van der Waals surface area contributed by atoms with E-state index in [4.69, 9.17) is 16.3 Å². The highest BCUT2D eigenvalue weighted by Gasteiger charge is 2.16. The minimum atomic E-state index is 0.401. The Bertz CT molecular complexity index is 626. The lowest BCUT2D eigenvalue weighted by molar-refractivity contribution is 0.286. The van der Waals surface area contributed by atoms with Crippen LogP contribution in [0.15, 0.2) is 18.2 Å². The second kappa shape index (κ2) is 6.45. The first kappa shape index (κ1) is 14.4. The molecule has 21 heavy (non-hydrogen) atoms. The van der Waals surface area contributed by atoms with Crippen molar-refractivity contribution >= 4 is 11.6 Å². The number of rotatable bonds is 5. The first-order valence-corrected chi connectivity index (χ1v) is 7.62. The fraction of sp³-hybridized carbons (Fsp3) is 0.467. The van der Waals surface area contributed by atoms with E-state index in [9.17, 15) is 0 Å². The number of aromatic nitrogens is 3. The quantitative estimate of drug-likeness (QED) is 0.922. The van der Waals surface area contributed by atoms with Crippen molar-refractivity contribution in [3.05, 3.63) is 40.4 Å². The largest absolute Gasteiger partial charge is 0.484 e. The summed E-state index contributed by atoms with van der Waals surface area (Å²) < 4.78 is 7.96. The van der Waals surface area contributed by atoms with Crippen LogP contribution in [-0.2, 0) is 26.1 Å². The molecule has 0 saturated carbocycles. The molecule has 0 atom stereocenters. The summed E-state index contributed by atoms with van der Waals surface area (Å²) in [5.74, 6) is 2.63. The molecule has 0 aliphatic carbocycles. The van der Waals surface area contributed by atoms with E-state index in [2.05, 4.69) is 20.1 Å². The van der Waals surface area contributed by atoms with Gasteiger partial charge in [-0.25, -0.2) is 0 Å². The van der Waals surface area contributed by atoms with Gasteiger partial charge >= 0.3 is 0 Å². The molecule has 0 bridgehead atoms. The van der Waals surface area contributed by atoms with Gasteiger partial charge in [0.1, 0.15) is 18.2 Å². The van der Waals surface area contributed by atoms with Gasteiger partial charge in [-0.2, -0.15) is 0 Å². The average Bonchev–Trinajstić information content (AvgIpc) is 2.90. The summed E-state index contributed by atoms with van der Waals surface area (Å²) in [6.45, 7) is 2.17. The van der Waals surface area contributed by atoms with E-state index in [-0.39, 0.29) is 0 Å². The van der Waals surface area contributed by atoms with Gasteiger partial charge in [-0.15, -0.1) is 10.2 Å². The lowest BCUT2D eigenvalue weighted by Crippen LogP contribution is -2.14. The standard InChI is InChI=1S/C15H19ClN4O/c1-17-9-11-5-6-13(12(16)8-11)21-10-15-19-18-14-4-2-3-7-20(14)15/h5-6,8,17H,2-4,7,9-10H2,1H3. The van der Waals surface area contributed by atoms with E-state index in [1.54, 1.807) is 0 Å². The number of fused-ring (bicyclic) bond motifs is 1. The molecule has 0 spiro atoms. The zero-order valence-corrected chi connectivity index (χ0v) is 12.9. The molecule has 6 heteroatoms. The Morgan fingerprint density at radius 1 is 1.33 bits per heavy atom. The zero-order chi connectivity index (χ0) is 14.7. The molecular formula is C15H19ClN4O. The first-order valence-electron chi connectivity index (χ1n) is 7.24. The number of benzene rings is 1. The summed E-state index contributed by atoms with van der Waals surface area (Å²) in [5, 5.41) is 12.2. The van der Waals surface area contributed by atoms with Crippen molar-refractivity contribution < 1.29 is 4.74 Å². The first-order chi connectivity index (χ1) is 10.3. The Hall–Kier alpha value is -1.59. The third-order valence-electron chi connectivity index (χ3n) is 3.67. The topological polar surface area (TPSA) is 52.0 Å². The second-order valence-electron chi connectivity index (χ2n) is 5.22. The van der Waals surface area contributed by atoms with E-state index in [0.29, 0.717) is 17.4 Å². The maximum absolute atomic E-state index is 6.25. The van der Waals surface area contributed by atoms with Gasteiger partial charge in [0.05, 0.1) is 5.02 Å². The van der Waals surface area contributed by atoms with Crippen LogP contribution in [0.25, 0.3) is 0 Å². The molecule has 5 nitrogen and oxygen atoms in total. The smallest absolute Gasteiger partial charge is 0.171 e. The minimum Gasteiger partial charge on any atom is -0.484 e. The van der Waals surface area contributed by atoms with Crippen LogP contribution < -0.4 is 10.1 Å². The van der Waals surface area contributed by atoms with Gasteiger partial charge in [-0.1, -0.05) is 17.7 Å². The van der Waals surface area contributed by atoms with Crippen LogP contribution in [0.3, 0.4) is 0 Å². The minimum absolute atomic E-state index is 0.401. The molecule has 112 valence electrons. The molecule has 2 aromatic rings. The third-order valence-corrected chi connectivity index (χ3v) is 3.97. The Morgan fingerprint density at radius 3 is 3.05 bits per heavy atom. The highest BCUT2D eigenvalue weighted by molar-refractivity contribution is 6.32. The maximum Gasteiger partial charge on any atom is 0.171 e. The van der Waals surface area contributed by atoms with E-state index < -0.39 is 0 Å². The molecule has 0 saturated heterocycles. The number of halogens is 1. The number of aryl methyl sites for hydroxylation is 1. The summed E-state index contributed by atoms with van der Waals surface area (Å²) in [5.41, 5.74) is 1.13. The molecule has 2 heterocycles. The number of hydrogen-bond donors (Lipinski definition) is 1. The van der Waals surface area contributed by atoms with Gasteiger partial charge in [-0.3, -0.25) is 0 Å². The van der Waals surface area contributed by atoms with E-state index in [1.165, 1.54) is 12.8 Å².